The molecule has 0 spiro atoms. The van der Waals surface area contributed by atoms with E-state index in [-0.39, 0.29) is 0 Å². The summed E-state index contributed by atoms with van der Waals surface area (Å²) in [6.45, 7) is 8.96. The molecular weight excluding hydrogens is 313 g/mol. The summed E-state index contributed by atoms with van der Waals surface area (Å²) < 4.78 is 2.12. The van der Waals surface area contributed by atoms with Gasteiger partial charge in [-0.2, -0.15) is 0 Å². The van der Waals surface area contributed by atoms with E-state index in [1.807, 2.05) is 46.9 Å². The quantitative estimate of drug-likeness (QED) is 0.454. The zero-order valence-corrected chi connectivity index (χ0v) is 13.2. The molecule has 16 heavy (non-hydrogen) atoms. The molecule has 0 aromatic carbocycles. The average molecular weight is 337 g/mol. The van der Waals surface area contributed by atoms with Gasteiger partial charge >= 0.3 is 0 Å². The second-order valence-electron chi connectivity index (χ2n) is 4.24. The highest BCUT2D eigenvalue weighted by molar-refractivity contribution is 14.1. The topological polar surface area (TPSA) is 23.5 Å². The van der Waals surface area contributed by atoms with Crippen LogP contribution >= 0.6 is 22.9 Å². The molecule has 0 saturated carbocycles. The summed E-state index contributed by atoms with van der Waals surface area (Å²) in [5.74, 6) is 0. The lowest BCUT2D eigenvalue weighted by Gasteiger charge is -2.31. The fraction of sp³-hybridized carbons (Fsp3) is 0.692. The van der Waals surface area contributed by atoms with Crippen LogP contribution in [0, 0.1) is 0 Å². The maximum Gasteiger partial charge on any atom is 0.106 e. The van der Waals surface area contributed by atoms with Crippen molar-refractivity contribution < 1.29 is 5.11 Å². The Morgan fingerprint density at radius 3 is 2.00 bits per heavy atom. The van der Waals surface area contributed by atoms with Gasteiger partial charge in [0.05, 0.1) is 0 Å². The Labute approximate surface area is 114 Å². The van der Waals surface area contributed by atoms with Crippen molar-refractivity contribution >= 4 is 22.9 Å². The molecule has 0 amide bonds. The highest BCUT2D eigenvalue weighted by atomic mass is 127. The minimum absolute atomic E-state index is 0.754. The third kappa shape index (κ3) is 4.55. The Morgan fingerprint density at radius 2 is 1.69 bits per heavy atom. The van der Waals surface area contributed by atoms with Crippen molar-refractivity contribution in [3.05, 3.63) is 23.3 Å². The molecule has 0 unspecified atom stereocenters. The maximum atomic E-state index is 10.7. The van der Waals surface area contributed by atoms with E-state index in [0.717, 1.165) is 30.5 Å². The molecule has 0 aromatic heterocycles. The van der Waals surface area contributed by atoms with Crippen LogP contribution in [0.15, 0.2) is 23.3 Å². The standard InChI is InChI=1S/C13H24INO/c1-6-11(3)13(16,12(4)7-2)9-8-10-15(5)14/h6-7,16H,8-10H2,1-5H3/b11-6+,12-7+. The molecule has 0 radical (unpaired) electrons. The summed E-state index contributed by atoms with van der Waals surface area (Å²) in [6.07, 6.45) is 5.78. The lowest BCUT2D eigenvalue weighted by molar-refractivity contribution is 0.103. The fourth-order valence-electron chi connectivity index (χ4n) is 1.74. The number of hydrogen-bond acceptors (Lipinski definition) is 2. The maximum absolute atomic E-state index is 10.7. The van der Waals surface area contributed by atoms with Crippen LogP contribution in [-0.2, 0) is 0 Å². The zero-order chi connectivity index (χ0) is 12.8. The molecule has 3 heteroatoms. The first-order chi connectivity index (χ1) is 7.38. The summed E-state index contributed by atoms with van der Waals surface area (Å²) in [6, 6.07) is 0. The number of allylic oxidation sites excluding steroid dienone is 2. The van der Waals surface area contributed by atoms with Crippen molar-refractivity contribution in [2.45, 2.75) is 46.1 Å². The van der Waals surface area contributed by atoms with Crippen molar-refractivity contribution in [3.63, 3.8) is 0 Å². The van der Waals surface area contributed by atoms with Gasteiger partial charge in [-0.05, 0) is 58.7 Å². The van der Waals surface area contributed by atoms with Gasteiger partial charge in [-0.1, -0.05) is 12.2 Å². The Balaban J connectivity index is 4.70. The minimum Gasteiger partial charge on any atom is -0.381 e. The minimum atomic E-state index is -0.754. The molecule has 0 aliphatic rings. The Bertz CT molecular complexity index is 251. The lowest BCUT2D eigenvalue weighted by Crippen LogP contribution is -2.32. The molecule has 0 aromatic rings. The molecule has 0 heterocycles. The molecule has 0 bridgehead atoms. The van der Waals surface area contributed by atoms with E-state index in [9.17, 15) is 5.11 Å². The van der Waals surface area contributed by atoms with Crippen molar-refractivity contribution in [1.82, 2.24) is 3.11 Å². The highest BCUT2D eigenvalue weighted by Crippen LogP contribution is 2.30. The molecule has 2 nitrogen and oxygen atoms in total. The molecule has 1 N–H and O–H groups in total. The van der Waals surface area contributed by atoms with Gasteiger partial charge < -0.3 is 5.11 Å². The zero-order valence-electron chi connectivity index (χ0n) is 11.0. The SMILES string of the molecule is C/C=C(\C)C(O)(CCCN(C)I)/C(C)=C/C. The Kier molecular flexibility index (Phi) is 7.52. The fourth-order valence-corrected chi connectivity index (χ4v) is 2.08. The molecule has 0 fully saturated rings. The molecule has 0 atom stereocenters. The number of aliphatic hydroxyl groups is 1. The average Bonchev–Trinajstić information content (AvgIpc) is 2.25. The molecular formula is C13H24INO. The molecule has 0 rings (SSSR count). The predicted octanol–water partition coefficient (Wildman–Crippen LogP) is 3.71. The first-order valence-electron chi connectivity index (χ1n) is 5.74. The van der Waals surface area contributed by atoms with E-state index < -0.39 is 5.60 Å². The van der Waals surface area contributed by atoms with Gasteiger partial charge in [0, 0.05) is 29.4 Å². The predicted molar refractivity (Wildman–Crippen MR) is 79.7 cm³/mol. The summed E-state index contributed by atoms with van der Waals surface area (Å²) in [7, 11) is 2.05. The van der Waals surface area contributed by atoms with E-state index in [2.05, 4.69) is 26.0 Å². The number of nitrogens with zero attached hydrogens (tertiary/aromatic N) is 1. The summed E-state index contributed by atoms with van der Waals surface area (Å²) in [4.78, 5) is 0. The number of rotatable bonds is 6. The first-order valence-corrected chi connectivity index (χ1v) is 6.71. The summed E-state index contributed by atoms with van der Waals surface area (Å²) in [5, 5.41) is 10.7. The van der Waals surface area contributed by atoms with Crippen molar-refractivity contribution in [2.75, 3.05) is 13.6 Å². The van der Waals surface area contributed by atoms with Crippen LogP contribution in [0.3, 0.4) is 0 Å². The van der Waals surface area contributed by atoms with Crippen LogP contribution in [0.2, 0.25) is 0 Å². The lowest BCUT2D eigenvalue weighted by atomic mass is 9.83. The van der Waals surface area contributed by atoms with Crippen LogP contribution in [0.5, 0.6) is 0 Å². The molecule has 0 aliphatic carbocycles. The van der Waals surface area contributed by atoms with Crippen LogP contribution < -0.4 is 0 Å². The third-order valence-corrected chi connectivity index (χ3v) is 3.66. The Hall–Kier alpha value is 0.130. The van der Waals surface area contributed by atoms with Crippen LogP contribution in [0.4, 0.5) is 0 Å². The van der Waals surface area contributed by atoms with E-state index in [0.29, 0.717) is 0 Å². The van der Waals surface area contributed by atoms with Gasteiger partial charge in [-0.3, -0.25) is 3.11 Å². The van der Waals surface area contributed by atoms with Gasteiger partial charge in [0.25, 0.3) is 0 Å². The number of hydrogen-bond donors (Lipinski definition) is 1. The van der Waals surface area contributed by atoms with Crippen molar-refractivity contribution in [3.8, 4) is 0 Å². The monoisotopic (exact) mass is 337 g/mol. The molecule has 94 valence electrons. The third-order valence-electron chi connectivity index (χ3n) is 3.18. The summed E-state index contributed by atoms with van der Waals surface area (Å²) >= 11 is 2.27. The van der Waals surface area contributed by atoms with Gasteiger partial charge in [0.2, 0.25) is 0 Å². The second kappa shape index (κ2) is 7.45. The Morgan fingerprint density at radius 1 is 1.25 bits per heavy atom. The van der Waals surface area contributed by atoms with Crippen LogP contribution in [0.25, 0.3) is 0 Å². The molecule has 0 saturated heterocycles. The van der Waals surface area contributed by atoms with Gasteiger partial charge in [-0.25, -0.2) is 0 Å². The number of halogens is 1. The first kappa shape index (κ1) is 16.1. The van der Waals surface area contributed by atoms with E-state index in [1.54, 1.807) is 0 Å². The van der Waals surface area contributed by atoms with Crippen molar-refractivity contribution in [1.29, 1.82) is 0 Å². The van der Waals surface area contributed by atoms with Gasteiger partial charge in [0.15, 0.2) is 0 Å². The summed E-state index contributed by atoms with van der Waals surface area (Å²) in [5.41, 5.74) is 1.33. The second-order valence-corrected chi connectivity index (χ2v) is 5.88. The largest absolute Gasteiger partial charge is 0.381 e. The normalized spacial score (nSPS) is 17.8. The van der Waals surface area contributed by atoms with Gasteiger partial charge in [0.1, 0.15) is 5.60 Å². The van der Waals surface area contributed by atoms with Crippen molar-refractivity contribution in [2.24, 2.45) is 0 Å². The molecule has 0 aliphatic heterocycles. The van der Waals surface area contributed by atoms with E-state index in [1.165, 1.54) is 0 Å². The van der Waals surface area contributed by atoms with E-state index >= 15 is 0 Å². The van der Waals surface area contributed by atoms with Crippen LogP contribution in [0.1, 0.15) is 40.5 Å². The van der Waals surface area contributed by atoms with E-state index in [4.69, 9.17) is 0 Å². The van der Waals surface area contributed by atoms with Gasteiger partial charge in [-0.15, -0.1) is 0 Å². The highest BCUT2D eigenvalue weighted by Gasteiger charge is 2.29. The smallest absolute Gasteiger partial charge is 0.106 e. The van der Waals surface area contributed by atoms with Crippen LogP contribution in [-0.4, -0.2) is 27.4 Å².